The number of carbonyl (C=O) groups is 1. The number of halogens is 1. The summed E-state index contributed by atoms with van der Waals surface area (Å²) < 4.78 is 41.9. The predicted octanol–water partition coefficient (Wildman–Crippen LogP) is 0.870. The van der Waals surface area contributed by atoms with Gasteiger partial charge in [-0.05, 0) is 31.6 Å². The van der Waals surface area contributed by atoms with Crippen LogP contribution in [0.3, 0.4) is 0 Å². The lowest BCUT2D eigenvalue weighted by atomic mass is 10.5. The minimum atomic E-state index is -2.75. The van der Waals surface area contributed by atoms with Crippen LogP contribution in [0, 0.1) is 0 Å². The van der Waals surface area contributed by atoms with E-state index >= 15 is 0 Å². The van der Waals surface area contributed by atoms with Crippen LogP contribution in [-0.4, -0.2) is 30.6 Å². The maximum Gasteiger partial charge on any atom is 0.244 e. The maximum absolute atomic E-state index is 10.3. The van der Waals surface area contributed by atoms with E-state index in [9.17, 15) is 4.79 Å². The Labute approximate surface area is 68.5 Å². The lowest BCUT2D eigenvalue weighted by Gasteiger charge is -2.02. The van der Waals surface area contributed by atoms with Crippen LogP contribution in [0.25, 0.3) is 0 Å². The van der Waals surface area contributed by atoms with E-state index in [1.807, 2.05) is 0 Å². The summed E-state index contributed by atoms with van der Waals surface area (Å²) in [4.78, 5) is 10.6. The molecule has 0 aliphatic rings. The van der Waals surface area contributed by atoms with E-state index in [2.05, 4.69) is 0 Å². The van der Waals surface area contributed by atoms with Crippen LogP contribution in [0.15, 0.2) is 12.2 Å². The molecule has 0 fully saturated rings. The first kappa shape index (κ1) is 2.72. The Kier molecular flexibility index (Phi) is 1.37. The standard InChI is InChI=1S/C6H10ClNO/c1-8(2)5-3-4-6(7)9/h3-4H,5H2,1-2H3/b4-3+/i1D3,2D3. The normalized spacial score (nSPS) is 23.8. The van der Waals surface area contributed by atoms with Crippen molar-refractivity contribution in [3.8, 4) is 0 Å². The molecule has 0 radical (unpaired) electrons. The molecule has 0 spiro atoms. The Morgan fingerprint density at radius 2 is 2.56 bits per heavy atom. The summed E-state index contributed by atoms with van der Waals surface area (Å²) >= 11 is 4.96. The highest BCUT2D eigenvalue weighted by atomic mass is 35.5. The van der Waals surface area contributed by atoms with Gasteiger partial charge in [-0.2, -0.15) is 0 Å². The van der Waals surface area contributed by atoms with E-state index in [4.69, 9.17) is 19.8 Å². The molecule has 0 heterocycles. The second-order valence-electron chi connectivity index (χ2n) is 1.32. The van der Waals surface area contributed by atoms with Gasteiger partial charge >= 0.3 is 0 Å². The van der Waals surface area contributed by atoms with Crippen LogP contribution in [0.2, 0.25) is 0 Å². The fourth-order valence-corrected chi connectivity index (χ4v) is 0.340. The second-order valence-corrected chi connectivity index (χ2v) is 1.69. The van der Waals surface area contributed by atoms with Crippen LogP contribution >= 0.6 is 11.6 Å². The van der Waals surface area contributed by atoms with Crippen molar-refractivity contribution < 1.29 is 13.0 Å². The molecule has 9 heavy (non-hydrogen) atoms. The van der Waals surface area contributed by atoms with Gasteiger partial charge in [0.05, 0.1) is 0 Å². The highest BCUT2D eigenvalue weighted by molar-refractivity contribution is 6.66. The quantitative estimate of drug-likeness (QED) is 0.443. The fraction of sp³-hybridized carbons (Fsp3) is 0.500. The number of nitrogens with zero attached hydrogens (tertiary/aromatic N) is 1. The molecule has 3 heteroatoms. The first-order valence-corrected chi connectivity index (χ1v) is 2.56. The summed E-state index contributed by atoms with van der Waals surface area (Å²) in [5.41, 5.74) is 0. The maximum atomic E-state index is 10.3. The first-order valence-electron chi connectivity index (χ1n) is 5.19. The summed E-state index contributed by atoms with van der Waals surface area (Å²) in [7, 11) is 0. The molecular weight excluding hydrogens is 138 g/mol. The number of carbonyl (C=O) groups excluding carboxylic acids is 1. The molecule has 0 amide bonds. The van der Waals surface area contributed by atoms with E-state index in [1.54, 1.807) is 0 Å². The van der Waals surface area contributed by atoms with Crippen LogP contribution in [0.4, 0.5) is 0 Å². The number of allylic oxidation sites excluding steroid dienone is 1. The zero-order valence-electron chi connectivity index (χ0n) is 10.6. The molecule has 0 aliphatic heterocycles. The van der Waals surface area contributed by atoms with Crippen molar-refractivity contribution in [3.05, 3.63) is 12.2 Å². The zero-order valence-corrected chi connectivity index (χ0v) is 5.35. The van der Waals surface area contributed by atoms with Gasteiger partial charge in [-0.25, -0.2) is 0 Å². The lowest BCUT2D eigenvalue weighted by molar-refractivity contribution is -0.107. The summed E-state index contributed by atoms with van der Waals surface area (Å²) in [6.07, 6.45) is 2.00. The minimum absolute atomic E-state index is 0.316. The zero-order chi connectivity index (χ0) is 12.3. The van der Waals surface area contributed by atoms with Crippen molar-refractivity contribution in [1.29, 1.82) is 0 Å². The predicted molar refractivity (Wildman–Crippen MR) is 38.6 cm³/mol. The molecule has 0 aromatic carbocycles. The van der Waals surface area contributed by atoms with Crippen molar-refractivity contribution >= 4 is 16.8 Å². The second kappa shape index (κ2) is 4.53. The number of likely N-dealkylation sites (N-methyl/N-ethyl adjacent to an activating group) is 1. The van der Waals surface area contributed by atoms with Gasteiger partial charge in [-0.3, -0.25) is 4.79 Å². The van der Waals surface area contributed by atoms with E-state index in [0.717, 1.165) is 12.2 Å². The Balaban J connectivity index is 4.62. The third-order valence-corrected chi connectivity index (χ3v) is 0.663. The van der Waals surface area contributed by atoms with Crippen molar-refractivity contribution in [1.82, 2.24) is 4.90 Å². The van der Waals surface area contributed by atoms with Crippen LogP contribution in [0.5, 0.6) is 0 Å². The van der Waals surface area contributed by atoms with Gasteiger partial charge < -0.3 is 4.90 Å². The van der Waals surface area contributed by atoms with Crippen molar-refractivity contribution in [3.63, 3.8) is 0 Å². The molecule has 0 aromatic heterocycles. The largest absolute Gasteiger partial charge is 0.306 e. The topological polar surface area (TPSA) is 20.3 Å². The molecule has 0 aliphatic carbocycles. The Morgan fingerprint density at radius 3 is 3.00 bits per heavy atom. The summed E-state index contributed by atoms with van der Waals surface area (Å²) in [5.74, 6) is 0. The van der Waals surface area contributed by atoms with Gasteiger partial charge in [0, 0.05) is 14.8 Å². The first-order chi connectivity index (χ1) is 6.55. The van der Waals surface area contributed by atoms with Gasteiger partial charge in [-0.15, -0.1) is 0 Å². The van der Waals surface area contributed by atoms with Gasteiger partial charge in [0.15, 0.2) is 0 Å². The lowest BCUT2D eigenvalue weighted by Crippen LogP contribution is -2.10. The molecule has 52 valence electrons. The van der Waals surface area contributed by atoms with E-state index in [-0.39, 0.29) is 0 Å². The third kappa shape index (κ3) is 7.66. The molecular formula is C6H10ClNO. The molecule has 2 nitrogen and oxygen atoms in total. The van der Waals surface area contributed by atoms with Crippen molar-refractivity contribution in [2.45, 2.75) is 0 Å². The van der Waals surface area contributed by atoms with Crippen molar-refractivity contribution in [2.24, 2.45) is 0 Å². The third-order valence-electron chi connectivity index (χ3n) is 0.537. The van der Waals surface area contributed by atoms with Gasteiger partial charge in [0.2, 0.25) is 5.24 Å². The van der Waals surface area contributed by atoms with Crippen LogP contribution in [-0.2, 0) is 4.79 Å². The highest BCUT2D eigenvalue weighted by Crippen LogP contribution is 1.83. The Hall–Kier alpha value is -0.340. The van der Waals surface area contributed by atoms with E-state index in [0.29, 0.717) is 4.90 Å². The van der Waals surface area contributed by atoms with Gasteiger partial charge in [0.25, 0.3) is 0 Å². The minimum Gasteiger partial charge on any atom is -0.306 e. The summed E-state index contributed by atoms with van der Waals surface area (Å²) in [5, 5.41) is -0.786. The molecule has 0 unspecified atom stereocenters. The van der Waals surface area contributed by atoms with Gasteiger partial charge in [0.1, 0.15) is 0 Å². The Morgan fingerprint density at radius 1 is 1.89 bits per heavy atom. The SMILES string of the molecule is [2H]C([2H])([2H])N(C/C=C/C(=O)Cl)C([2H])([2H])[2H]. The summed E-state index contributed by atoms with van der Waals surface area (Å²) in [6, 6.07) is 0. The number of rotatable bonds is 3. The molecule has 0 saturated heterocycles. The summed E-state index contributed by atoms with van der Waals surface area (Å²) in [6.45, 7) is -5.89. The fourth-order valence-electron chi connectivity index (χ4n) is 0.251. The van der Waals surface area contributed by atoms with Crippen LogP contribution < -0.4 is 0 Å². The Bertz CT molecular complexity index is 243. The van der Waals surface area contributed by atoms with E-state index in [1.165, 1.54) is 0 Å². The molecule has 0 bridgehead atoms. The number of hydrogen-bond acceptors (Lipinski definition) is 2. The van der Waals surface area contributed by atoms with E-state index < -0.39 is 25.7 Å². The van der Waals surface area contributed by atoms with Gasteiger partial charge in [-0.1, -0.05) is 6.08 Å². The highest BCUT2D eigenvalue weighted by Gasteiger charge is 1.85. The number of hydrogen-bond donors (Lipinski definition) is 0. The molecule has 0 saturated carbocycles. The van der Waals surface area contributed by atoms with Crippen LogP contribution in [0.1, 0.15) is 8.22 Å². The smallest absolute Gasteiger partial charge is 0.244 e. The monoisotopic (exact) mass is 153 g/mol. The molecule has 0 atom stereocenters. The average Bonchev–Trinajstić information content (AvgIpc) is 1.92. The molecule has 0 rings (SSSR count). The van der Waals surface area contributed by atoms with Crippen molar-refractivity contribution in [2.75, 3.05) is 20.5 Å². The average molecular weight is 154 g/mol. The molecule has 0 N–H and O–H groups in total. The molecule has 0 aromatic rings.